The highest BCUT2D eigenvalue weighted by molar-refractivity contribution is 6.30. The Hall–Kier alpha value is -2.10. The fourth-order valence-corrected chi connectivity index (χ4v) is 4.27. The van der Waals surface area contributed by atoms with Gasteiger partial charge in [-0.1, -0.05) is 47.5 Å². The van der Waals surface area contributed by atoms with Crippen molar-refractivity contribution in [2.24, 2.45) is 11.0 Å². The number of hydrogen-bond acceptors (Lipinski definition) is 2. The number of nitrogens with zero attached hydrogens (tertiary/aromatic N) is 2. The third-order valence-electron chi connectivity index (χ3n) is 5.25. The van der Waals surface area contributed by atoms with Crippen LogP contribution in [0.4, 0.5) is 0 Å². The van der Waals surface area contributed by atoms with Gasteiger partial charge >= 0.3 is 0 Å². The van der Waals surface area contributed by atoms with Crippen molar-refractivity contribution in [3.8, 4) is 0 Å². The standard InChI is InChI=1S/C22H20Cl2N2O/c1-14(27)26-22(16-7-11-19(24)12-8-16)20-4-2-3-17(21(20)25-26)13-15-5-9-18(23)10-6-15/h5-13,20,22H,2-4H2,1H3/b17-13-/t20-,22-/m1/s1. The Bertz CT molecular complexity index is 916. The number of rotatable bonds is 2. The topological polar surface area (TPSA) is 32.7 Å². The summed E-state index contributed by atoms with van der Waals surface area (Å²) in [6, 6.07) is 15.5. The molecule has 1 fully saturated rings. The molecule has 0 N–H and O–H groups in total. The minimum atomic E-state index is -0.0660. The lowest BCUT2D eigenvalue weighted by Gasteiger charge is -2.29. The van der Waals surface area contributed by atoms with Crippen LogP contribution in [0, 0.1) is 5.92 Å². The second-order valence-corrected chi connectivity index (χ2v) is 7.94. The second-order valence-electron chi connectivity index (χ2n) is 7.07. The second kappa shape index (κ2) is 7.49. The van der Waals surface area contributed by atoms with E-state index in [0.29, 0.717) is 5.02 Å². The van der Waals surface area contributed by atoms with Gasteiger partial charge in [0, 0.05) is 22.9 Å². The van der Waals surface area contributed by atoms with E-state index in [9.17, 15) is 4.79 Å². The van der Waals surface area contributed by atoms with Gasteiger partial charge in [0.2, 0.25) is 5.91 Å². The summed E-state index contributed by atoms with van der Waals surface area (Å²) in [6.07, 6.45) is 5.24. The Morgan fingerprint density at radius 2 is 1.70 bits per heavy atom. The van der Waals surface area contributed by atoms with Crippen molar-refractivity contribution in [3.63, 3.8) is 0 Å². The Morgan fingerprint density at radius 1 is 1.07 bits per heavy atom. The van der Waals surface area contributed by atoms with Gasteiger partial charge in [-0.25, -0.2) is 5.01 Å². The summed E-state index contributed by atoms with van der Waals surface area (Å²) < 4.78 is 0. The summed E-state index contributed by atoms with van der Waals surface area (Å²) in [5, 5.41) is 7.82. The monoisotopic (exact) mass is 398 g/mol. The molecule has 0 aromatic heterocycles. The van der Waals surface area contributed by atoms with E-state index in [2.05, 4.69) is 6.08 Å². The third-order valence-corrected chi connectivity index (χ3v) is 5.75. The molecule has 0 saturated heterocycles. The van der Waals surface area contributed by atoms with Crippen molar-refractivity contribution < 1.29 is 4.79 Å². The Labute approximate surface area is 169 Å². The SMILES string of the molecule is CC(=O)N1N=C2/C(=C\c3ccc(Cl)cc3)CCC[C@H]2[C@H]1c1ccc(Cl)cc1. The lowest BCUT2D eigenvalue weighted by atomic mass is 9.77. The molecule has 2 aromatic carbocycles. The molecule has 0 spiro atoms. The minimum Gasteiger partial charge on any atom is -0.273 e. The van der Waals surface area contributed by atoms with Crippen molar-refractivity contribution in [1.29, 1.82) is 0 Å². The molecule has 1 saturated carbocycles. The van der Waals surface area contributed by atoms with Crippen LogP contribution >= 0.6 is 23.2 Å². The lowest BCUT2D eigenvalue weighted by molar-refractivity contribution is -0.131. The number of benzene rings is 2. The summed E-state index contributed by atoms with van der Waals surface area (Å²) in [4.78, 5) is 12.3. The smallest absolute Gasteiger partial charge is 0.240 e. The van der Waals surface area contributed by atoms with Crippen molar-refractivity contribution in [2.75, 3.05) is 0 Å². The molecule has 1 amide bonds. The minimum absolute atomic E-state index is 0.0392. The Kier molecular flexibility index (Phi) is 5.07. The average molecular weight is 399 g/mol. The predicted octanol–water partition coefficient (Wildman–Crippen LogP) is 6.14. The maximum Gasteiger partial charge on any atom is 0.240 e. The van der Waals surface area contributed by atoms with E-state index in [1.54, 1.807) is 11.9 Å². The van der Waals surface area contributed by atoms with Crippen LogP contribution in [0.15, 0.2) is 59.2 Å². The first kappa shape index (κ1) is 18.3. The summed E-state index contributed by atoms with van der Waals surface area (Å²) >= 11 is 12.0. The molecule has 1 aliphatic carbocycles. The first-order chi connectivity index (χ1) is 13.0. The van der Waals surface area contributed by atoms with E-state index in [1.165, 1.54) is 5.57 Å². The van der Waals surface area contributed by atoms with E-state index in [-0.39, 0.29) is 17.9 Å². The number of allylic oxidation sites excluding steroid dienone is 1. The summed E-state index contributed by atoms with van der Waals surface area (Å²) in [7, 11) is 0. The molecule has 0 bridgehead atoms. The molecule has 1 heterocycles. The number of carbonyl (C=O) groups excluding carboxylic acids is 1. The zero-order valence-corrected chi connectivity index (χ0v) is 16.5. The van der Waals surface area contributed by atoms with Crippen LogP contribution in [0.25, 0.3) is 6.08 Å². The van der Waals surface area contributed by atoms with Gasteiger partial charge in [0.15, 0.2) is 0 Å². The van der Waals surface area contributed by atoms with E-state index >= 15 is 0 Å². The van der Waals surface area contributed by atoms with Gasteiger partial charge in [-0.2, -0.15) is 5.10 Å². The number of carbonyl (C=O) groups is 1. The first-order valence-corrected chi connectivity index (χ1v) is 9.89. The van der Waals surface area contributed by atoms with Crippen LogP contribution in [-0.4, -0.2) is 16.6 Å². The van der Waals surface area contributed by atoms with Crippen LogP contribution in [0.5, 0.6) is 0 Å². The molecule has 5 heteroatoms. The first-order valence-electron chi connectivity index (χ1n) is 9.13. The average Bonchev–Trinajstić information content (AvgIpc) is 3.05. The summed E-state index contributed by atoms with van der Waals surface area (Å²) in [6.45, 7) is 1.58. The molecule has 27 heavy (non-hydrogen) atoms. The molecule has 3 nitrogen and oxygen atoms in total. The maximum atomic E-state index is 12.3. The molecule has 0 radical (unpaired) electrons. The van der Waals surface area contributed by atoms with Crippen LogP contribution in [-0.2, 0) is 4.79 Å². The van der Waals surface area contributed by atoms with Crippen LogP contribution in [0.3, 0.4) is 0 Å². The van der Waals surface area contributed by atoms with Gasteiger partial charge in [0.1, 0.15) is 0 Å². The van der Waals surface area contributed by atoms with Crippen molar-refractivity contribution in [2.45, 2.75) is 32.2 Å². The molecule has 4 rings (SSSR count). The molecular weight excluding hydrogens is 379 g/mol. The number of halogens is 2. The fourth-order valence-electron chi connectivity index (χ4n) is 4.02. The van der Waals surface area contributed by atoms with Crippen molar-refractivity contribution in [1.82, 2.24) is 5.01 Å². The highest BCUT2D eigenvalue weighted by Gasteiger charge is 2.42. The third kappa shape index (κ3) is 3.67. The van der Waals surface area contributed by atoms with Crippen molar-refractivity contribution >= 4 is 40.9 Å². The van der Waals surface area contributed by atoms with Gasteiger partial charge in [0.25, 0.3) is 0 Å². The quantitative estimate of drug-likeness (QED) is 0.597. The lowest BCUT2D eigenvalue weighted by Crippen LogP contribution is -2.30. The van der Waals surface area contributed by atoms with Crippen LogP contribution < -0.4 is 0 Å². The summed E-state index contributed by atoms with van der Waals surface area (Å²) in [5.41, 5.74) is 4.41. The number of amides is 1. The van der Waals surface area contributed by atoms with E-state index < -0.39 is 0 Å². The highest BCUT2D eigenvalue weighted by Crippen LogP contribution is 2.44. The largest absolute Gasteiger partial charge is 0.273 e. The number of hydrogen-bond donors (Lipinski definition) is 0. The van der Waals surface area contributed by atoms with Crippen molar-refractivity contribution in [3.05, 3.63) is 75.3 Å². The molecule has 2 atom stereocenters. The molecule has 0 unspecified atom stereocenters. The molecule has 1 aliphatic heterocycles. The molecule has 2 aromatic rings. The van der Waals surface area contributed by atoms with Crippen LogP contribution in [0.2, 0.25) is 10.0 Å². The maximum absolute atomic E-state index is 12.3. The highest BCUT2D eigenvalue weighted by atomic mass is 35.5. The fraction of sp³-hybridized carbons (Fsp3) is 0.273. The van der Waals surface area contributed by atoms with Gasteiger partial charge in [0.05, 0.1) is 11.8 Å². The Balaban J connectivity index is 1.72. The van der Waals surface area contributed by atoms with E-state index in [0.717, 1.165) is 41.1 Å². The molecular formula is C22H20Cl2N2O. The van der Waals surface area contributed by atoms with Gasteiger partial charge in [-0.15, -0.1) is 0 Å². The number of fused-ring (bicyclic) bond motifs is 1. The zero-order valence-electron chi connectivity index (χ0n) is 15.0. The normalized spacial score (nSPS) is 23.3. The van der Waals surface area contributed by atoms with Gasteiger partial charge < -0.3 is 0 Å². The van der Waals surface area contributed by atoms with Gasteiger partial charge in [-0.3, -0.25) is 4.79 Å². The summed E-state index contributed by atoms with van der Waals surface area (Å²) in [5.74, 6) is 0.171. The van der Waals surface area contributed by atoms with Gasteiger partial charge in [-0.05, 0) is 66.3 Å². The Morgan fingerprint density at radius 3 is 2.33 bits per heavy atom. The zero-order chi connectivity index (χ0) is 19.0. The van der Waals surface area contributed by atoms with E-state index in [4.69, 9.17) is 28.3 Å². The predicted molar refractivity (Wildman–Crippen MR) is 111 cm³/mol. The molecule has 138 valence electrons. The molecule has 2 aliphatic rings. The number of hydrazone groups is 1. The van der Waals surface area contributed by atoms with Crippen LogP contribution in [0.1, 0.15) is 43.4 Å². The van der Waals surface area contributed by atoms with E-state index in [1.807, 2.05) is 48.5 Å².